The monoisotopic (exact) mass is 495 g/mol. The molecule has 0 radical (unpaired) electrons. The predicted octanol–water partition coefficient (Wildman–Crippen LogP) is 7.62. The van der Waals surface area contributed by atoms with Crippen molar-refractivity contribution in [1.82, 2.24) is 9.13 Å². The third kappa shape index (κ3) is 3.81. The van der Waals surface area contributed by atoms with Crippen LogP contribution in [0, 0.1) is 10.1 Å². The summed E-state index contributed by atoms with van der Waals surface area (Å²) >= 11 is 0. The number of aromatic nitrogens is 2. The summed E-state index contributed by atoms with van der Waals surface area (Å²) in [5.74, 6) is 0. The van der Waals surface area contributed by atoms with E-state index in [9.17, 15) is 10.1 Å². The van der Waals surface area contributed by atoms with Gasteiger partial charge in [0.1, 0.15) is 0 Å². The molecule has 0 fully saturated rings. The molecule has 5 heteroatoms. The van der Waals surface area contributed by atoms with Crippen LogP contribution in [0.1, 0.15) is 85.0 Å². The number of benzene rings is 2. The molecule has 4 aliphatic rings. The molecule has 0 unspecified atom stereocenters. The van der Waals surface area contributed by atoms with Gasteiger partial charge in [0.25, 0.3) is 5.69 Å². The van der Waals surface area contributed by atoms with Crippen molar-refractivity contribution in [2.24, 2.45) is 0 Å². The molecule has 2 aliphatic heterocycles. The molecule has 0 amide bonds. The van der Waals surface area contributed by atoms with Crippen LogP contribution in [0.5, 0.6) is 0 Å². The second-order valence-electron chi connectivity index (χ2n) is 11.6. The fourth-order valence-corrected chi connectivity index (χ4v) is 7.80. The lowest BCUT2D eigenvalue weighted by atomic mass is 10.00. The molecule has 2 aromatic carbocycles. The highest BCUT2D eigenvalue weighted by Gasteiger charge is 2.26. The van der Waals surface area contributed by atoms with Gasteiger partial charge in [-0.05, 0) is 99.3 Å². The maximum Gasteiger partial charge on any atom is 0.270 e. The molecule has 0 saturated heterocycles. The van der Waals surface area contributed by atoms with Crippen molar-refractivity contribution >= 4 is 27.5 Å². The van der Waals surface area contributed by atoms with E-state index in [4.69, 9.17) is 0 Å². The van der Waals surface area contributed by atoms with Crippen molar-refractivity contribution in [3.63, 3.8) is 0 Å². The first-order valence-corrected chi connectivity index (χ1v) is 14.6. The van der Waals surface area contributed by atoms with Crippen LogP contribution in [0.15, 0.2) is 30.3 Å². The molecule has 4 heterocycles. The lowest BCUT2D eigenvalue weighted by molar-refractivity contribution is -0.384. The van der Waals surface area contributed by atoms with E-state index in [1.807, 2.05) is 6.07 Å². The van der Waals surface area contributed by atoms with Gasteiger partial charge in [-0.3, -0.25) is 10.1 Å². The highest BCUT2D eigenvalue weighted by atomic mass is 16.6. The number of rotatable bonds is 1. The summed E-state index contributed by atoms with van der Waals surface area (Å²) in [5, 5.41) is 13.9. The van der Waals surface area contributed by atoms with E-state index >= 15 is 0 Å². The molecule has 2 aliphatic carbocycles. The minimum atomic E-state index is -0.245. The van der Waals surface area contributed by atoms with E-state index in [-0.39, 0.29) is 10.6 Å². The van der Waals surface area contributed by atoms with Crippen LogP contribution in [0.3, 0.4) is 0 Å². The summed E-state index contributed by atoms with van der Waals surface area (Å²) in [6, 6.07) is 10.5. The predicted molar refractivity (Wildman–Crippen MR) is 150 cm³/mol. The van der Waals surface area contributed by atoms with Gasteiger partial charge in [-0.1, -0.05) is 31.0 Å². The number of aryl methyl sites for hydroxylation is 6. The Labute approximate surface area is 218 Å². The fraction of sp³-hybridized carbons (Fsp3) is 0.500. The Balaban J connectivity index is 0.000000126. The van der Waals surface area contributed by atoms with Gasteiger partial charge in [-0.25, -0.2) is 0 Å². The molecule has 8 rings (SSSR count). The van der Waals surface area contributed by atoms with Crippen molar-refractivity contribution in [3.05, 3.63) is 74.1 Å². The smallest absolute Gasteiger partial charge is 0.270 e. The maximum atomic E-state index is 11.2. The number of nitro groups is 1. The molecule has 0 spiro atoms. The molecule has 37 heavy (non-hydrogen) atoms. The third-order valence-electron chi connectivity index (χ3n) is 9.38. The SMILES string of the molecule is O=[N+]([O-])c1cc2c3c(c1)c1c(n3CCC2)CCCCC1.c1cc2c3c(c1)c1c(n3CCC2)CCCCC1. The van der Waals surface area contributed by atoms with E-state index in [0.29, 0.717) is 0 Å². The third-order valence-corrected chi connectivity index (χ3v) is 9.38. The zero-order chi connectivity index (χ0) is 24.9. The van der Waals surface area contributed by atoms with Gasteiger partial charge in [0, 0.05) is 47.4 Å². The van der Waals surface area contributed by atoms with Gasteiger partial charge in [-0.15, -0.1) is 0 Å². The number of nitro benzene ring substituents is 1. The van der Waals surface area contributed by atoms with Gasteiger partial charge >= 0.3 is 0 Å². The lowest BCUT2D eigenvalue weighted by Crippen LogP contribution is -2.10. The quantitative estimate of drug-likeness (QED) is 0.155. The minimum Gasteiger partial charge on any atom is -0.344 e. The highest BCUT2D eigenvalue weighted by molar-refractivity contribution is 5.91. The molecule has 192 valence electrons. The van der Waals surface area contributed by atoms with Crippen LogP contribution in [-0.4, -0.2) is 14.1 Å². The molecule has 4 aromatic rings. The maximum absolute atomic E-state index is 11.2. The van der Waals surface area contributed by atoms with Gasteiger partial charge in [-0.2, -0.15) is 0 Å². The summed E-state index contributed by atoms with van der Waals surface area (Å²) in [4.78, 5) is 10.9. The number of hydrogen-bond acceptors (Lipinski definition) is 2. The number of fused-ring (bicyclic) bond motifs is 6. The molecule has 0 N–H and O–H groups in total. The summed E-state index contributed by atoms with van der Waals surface area (Å²) in [6.07, 6.45) is 17.4. The molecule has 0 saturated carbocycles. The Morgan fingerprint density at radius 3 is 1.89 bits per heavy atom. The Bertz CT molecular complexity index is 1520. The van der Waals surface area contributed by atoms with Crippen molar-refractivity contribution in [2.75, 3.05) is 0 Å². The summed E-state index contributed by atoms with van der Waals surface area (Å²) in [5.41, 5.74) is 12.1. The zero-order valence-electron chi connectivity index (χ0n) is 21.9. The second-order valence-corrected chi connectivity index (χ2v) is 11.6. The minimum absolute atomic E-state index is 0.245. The van der Waals surface area contributed by atoms with Crippen molar-refractivity contribution in [3.8, 4) is 0 Å². The number of non-ortho nitro benzene ring substituents is 1. The number of nitrogens with zero attached hydrogens (tertiary/aromatic N) is 3. The fourth-order valence-electron chi connectivity index (χ4n) is 7.80. The zero-order valence-corrected chi connectivity index (χ0v) is 21.9. The molecular weight excluding hydrogens is 458 g/mol. The molecule has 0 bridgehead atoms. The first kappa shape index (κ1) is 23.1. The van der Waals surface area contributed by atoms with E-state index in [1.54, 1.807) is 33.8 Å². The molecule has 0 atom stereocenters. The van der Waals surface area contributed by atoms with Crippen LogP contribution in [0.2, 0.25) is 0 Å². The molecule has 5 nitrogen and oxygen atoms in total. The molecular formula is C32H37N3O2. The Hall–Kier alpha value is -3.08. The van der Waals surface area contributed by atoms with E-state index in [1.165, 1.54) is 93.1 Å². The van der Waals surface area contributed by atoms with Crippen LogP contribution in [0.4, 0.5) is 5.69 Å². The average molecular weight is 496 g/mol. The Kier molecular flexibility index (Phi) is 5.82. The Morgan fingerprint density at radius 2 is 1.22 bits per heavy atom. The molecule has 2 aromatic heterocycles. The summed E-state index contributed by atoms with van der Waals surface area (Å²) < 4.78 is 5.10. The van der Waals surface area contributed by atoms with Crippen LogP contribution in [-0.2, 0) is 51.6 Å². The number of hydrogen-bond donors (Lipinski definition) is 0. The van der Waals surface area contributed by atoms with Gasteiger partial charge < -0.3 is 9.13 Å². The average Bonchev–Trinajstić information content (AvgIpc) is 3.15. The van der Waals surface area contributed by atoms with E-state index in [0.717, 1.165) is 37.6 Å². The van der Waals surface area contributed by atoms with Gasteiger partial charge in [0.15, 0.2) is 0 Å². The summed E-state index contributed by atoms with van der Waals surface area (Å²) in [7, 11) is 0. The van der Waals surface area contributed by atoms with Crippen molar-refractivity contribution in [2.45, 2.75) is 103 Å². The lowest BCUT2D eigenvalue weighted by Gasteiger charge is -2.17. The number of para-hydroxylation sites is 1. The van der Waals surface area contributed by atoms with Crippen molar-refractivity contribution < 1.29 is 4.92 Å². The second kappa shape index (κ2) is 9.34. The largest absolute Gasteiger partial charge is 0.344 e. The first-order chi connectivity index (χ1) is 18.2. The van der Waals surface area contributed by atoms with Crippen LogP contribution >= 0.6 is 0 Å². The van der Waals surface area contributed by atoms with Gasteiger partial charge in [0.2, 0.25) is 0 Å². The first-order valence-electron chi connectivity index (χ1n) is 14.6. The topological polar surface area (TPSA) is 53.0 Å². The van der Waals surface area contributed by atoms with E-state index in [2.05, 4.69) is 27.3 Å². The highest BCUT2D eigenvalue weighted by Crippen LogP contribution is 2.39. The van der Waals surface area contributed by atoms with E-state index < -0.39 is 0 Å². The van der Waals surface area contributed by atoms with Crippen LogP contribution in [0.25, 0.3) is 21.8 Å². The standard InChI is InChI=1S/C16H18N2O2.C16H19N/c19-18(20)12-9-11-5-4-8-17-15-7-3-1-2-6-13(15)14(10-12)16(11)17;1-2-8-13-14-9-4-6-12-7-5-11-17(16(12)14)15(13)10-3-1/h9-10H,1-8H2;4,6,9H,1-3,5,7-8,10-11H2. The summed E-state index contributed by atoms with van der Waals surface area (Å²) in [6.45, 7) is 2.33. The van der Waals surface area contributed by atoms with Gasteiger partial charge in [0.05, 0.1) is 16.0 Å². The normalized spacial score (nSPS) is 18.4. The van der Waals surface area contributed by atoms with Crippen LogP contribution < -0.4 is 0 Å². The Morgan fingerprint density at radius 1 is 0.622 bits per heavy atom. The van der Waals surface area contributed by atoms with Crippen molar-refractivity contribution in [1.29, 1.82) is 0 Å².